The molecule has 0 spiro atoms. The number of hydrogen-bond donors (Lipinski definition) is 1. The van der Waals surface area contributed by atoms with Gasteiger partial charge in [0.25, 0.3) is 0 Å². The Kier molecular flexibility index (Phi) is 3.98. The fourth-order valence-corrected chi connectivity index (χ4v) is 3.12. The van der Waals surface area contributed by atoms with Crippen molar-refractivity contribution in [3.05, 3.63) is 0 Å². The number of rotatable bonds is 2. The molecule has 1 aliphatic rings. The largest absolute Gasteiger partial charge is 0.413 e. The molecular formula is C12H24O3Si. The van der Waals surface area contributed by atoms with Crippen molar-refractivity contribution in [3.63, 3.8) is 0 Å². The van der Waals surface area contributed by atoms with Gasteiger partial charge in [-0.1, -0.05) is 20.8 Å². The lowest BCUT2D eigenvalue weighted by atomic mass is 9.94. The molecule has 1 aliphatic carbocycles. The van der Waals surface area contributed by atoms with Crippen molar-refractivity contribution in [2.24, 2.45) is 0 Å². The zero-order valence-corrected chi connectivity index (χ0v) is 12.0. The van der Waals surface area contributed by atoms with Crippen LogP contribution in [0, 0.1) is 0 Å². The van der Waals surface area contributed by atoms with E-state index < -0.39 is 14.4 Å². The minimum Gasteiger partial charge on any atom is -0.413 e. The number of ketones is 1. The Morgan fingerprint density at radius 3 is 2.31 bits per heavy atom. The van der Waals surface area contributed by atoms with E-state index in [1.165, 1.54) is 0 Å². The fourth-order valence-electron chi connectivity index (χ4n) is 1.75. The summed E-state index contributed by atoms with van der Waals surface area (Å²) in [7, 11) is -1.81. The molecular weight excluding hydrogens is 220 g/mol. The molecule has 16 heavy (non-hydrogen) atoms. The lowest BCUT2D eigenvalue weighted by molar-refractivity contribution is -0.126. The standard InChI is InChI=1S/C12H24O3Si/c1-12(2,3)16(4,5)15-11-7-9(13)6-10(14)8-11/h9,11,13H,6-8H2,1-5H3. The van der Waals surface area contributed by atoms with Crippen LogP contribution in [0.3, 0.4) is 0 Å². The number of carbonyl (C=O) groups excluding carboxylic acids is 1. The highest BCUT2D eigenvalue weighted by molar-refractivity contribution is 6.74. The molecule has 1 saturated carbocycles. The fraction of sp³-hybridized carbons (Fsp3) is 0.917. The molecule has 1 rings (SSSR count). The van der Waals surface area contributed by atoms with E-state index in [1.54, 1.807) is 0 Å². The van der Waals surface area contributed by atoms with E-state index in [2.05, 4.69) is 33.9 Å². The summed E-state index contributed by atoms with van der Waals surface area (Å²) >= 11 is 0. The summed E-state index contributed by atoms with van der Waals surface area (Å²) in [6.45, 7) is 10.9. The van der Waals surface area contributed by atoms with Crippen molar-refractivity contribution >= 4 is 14.1 Å². The van der Waals surface area contributed by atoms with Crippen molar-refractivity contribution < 1.29 is 14.3 Å². The first-order chi connectivity index (χ1) is 7.12. The van der Waals surface area contributed by atoms with Crippen molar-refractivity contribution in [2.45, 2.75) is 70.4 Å². The van der Waals surface area contributed by atoms with Gasteiger partial charge in [0.2, 0.25) is 0 Å². The zero-order valence-electron chi connectivity index (χ0n) is 11.0. The molecule has 0 bridgehead atoms. The van der Waals surface area contributed by atoms with Gasteiger partial charge in [0.1, 0.15) is 5.78 Å². The van der Waals surface area contributed by atoms with Crippen LogP contribution < -0.4 is 0 Å². The van der Waals surface area contributed by atoms with Crippen LogP contribution in [0.15, 0.2) is 0 Å². The molecule has 1 fully saturated rings. The molecule has 0 aromatic carbocycles. The number of aliphatic hydroxyl groups is 1. The Morgan fingerprint density at radius 1 is 1.31 bits per heavy atom. The molecule has 0 aromatic heterocycles. The van der Waals surface area contributed by atoms with Gasteiger partial charge in [-0.2, -0.15) is 0 Å². The predicted octanol–water partition coefficient (Wildman–Crippen LogP) is 2.49. The molecule has 4 heteroatoms. The Balaban J connectivity index is 2.63. The lowest BCUT2D eigenvalue weighted by Crippen LogP contribution is -2.46. The van der Waals surface area contributed by atoms with Crippen molar-refractivity contribution in [3.8, 4) is 0 Å². The number of hydrogen-bond acceptors (Lipinski definition) is 3. The number of Topliss-reactive ketones (excluding diaryl/α,β-unsaturated/α-hetero) is 1. The third kappa shape index (κ3) is 3.40. The van der Waals surface area contributed by atoms with Crippen LogP contribution >= 0.6 is 0 Å². The van der Waals surface area contributed by atoms with Crippen molar-refractivity contribution in [2.75, 3.05) is 0 Å². The third-order valence-electron chi connectivity index (χ3n) is 3.72. The monoisotopic (exact) mass is 244 g/mol. The van der Waals surface area contributed by atoms with Gasteiger partial charge < -0.3 is 9.53 Å². The molecule has 0 heterocycles. The summed E-state index contributed by atoms with van der Waals surface area (Å²) in [4.78, 5) is 11.4. The summed E-state index contributed by atoms with van der Waals surface area (Å²) in [6.07, 6.45) is 0.812. The first-order valence-corrected chi connectivity index (χ1v) is 8.90. The number of carbonyl (C=O) groups is 1. The van der Waals surface area contributed by atoms with Gasteiger partial charge >= 0.3 is 0 Å². The van der Waals surface area contributed by atoms with Crippen LogP contribution in [0.1, 0.15) is 40.0 Å². The van der Waals surface area contributed by atoms with Gasteiger partial charge in [-0.05, 0) is 24.6 Å². The summed E-state index contributed by atoms with van der Waals surface area (Å²) < 4.78 is 6.14. The molecule has 94 valence electrons. The second-order valence-corrected chi connectivity index (χ2v) is 11.1. The SMILES string of the molecule is CC(C)(C)[Si](C)(C)OC1CC(=O)CC(O)C1. The molecule has 0 saturated heterocycles. The maximum absolute atomic E-state index is 11.4. The Bertz CT molecular complexity index is 268. The quantitative estimate of drug-likeness (QED) is 0.759. The molecule has 2 unspecified atom stereocenters. The second-order valence-electron chi connectivity index (χ2n) is 6.34. The maximum atomic E-state index is 11.4. The topological polar surface area (TPSA) is 46.5 Å². The van der Waals surface area contributed by atoms with E-state index in [9.17, 15) is 9.90 Å². The second kappa shape index (κ2) is 4.59. The molecule has 1 N–H and O–H groups in total. The van der Waals surface area contributed by atoms with Crippen LogP contribution in [-0.2, 0) is 9.22 Å². The third-order valence-corrected chi connectivity index (χ3v) is 8.26. The smallest absolute Gasteiger partial charge is 0.192 e. The normalized spacial score (nSPS) is 28.2. The van der Waals surface area contributed by atoms with Gasteiger partial charge in [0, 0.05) is 12.8 Å². The first kappa shape index (κ1) is 13.9. The van der Waals surface area contributed by atoms with Gasteiger partial charge in [0.05, 0.1) is 12.2 Å². The molecule has 3 nitrogen and oxygen atoms in total. The minimum absolute atomic E-state index is 0.0721. The average molecular weight is 244 g/mol. The van der Waals surface area contributed by atoms with Crippen LogP contribution in [0.25, 0.3) is 0 Å². The maximum Gasteiger partial charge on any atom is 0.192 e. The highest BCUT2D eigenvalue weighted by Crippen LogP contribution is 2.38. The van der Waals surface area contributed by atoms with E-state index >= 15 is 0 Å². The van der Waals surface area contributed by atoms with E-state index in [1.807, 2.05) is 0 Å². The zero-order chi connectivity index (χ0) is 12.6. The van der Waals surface area contributed by atoms with Crippen LogP contribution in [0.2, 0.25) is 18.1 Å². The van der Waals surface area contributed by atoms with E-state index in [0.717, 1.165) is 0 Å². The van der Waals surface area contributed by atoms with Crippen LogP contribution in [0.4, 0.5) is 0 Å². The van der Waals surface area contributed by atoms with E-state index in [4.69, 9.17) is 4.43 Å². The van der Waals surface area contributed by atoms with Gasteiger partial charge in [-0.15, -0.1) is 0 Å². The summed E-state index contributed by atoms with van der Waals surface area (Å²) in [6, 6.07) is 0. The number of aliphatic hydroxyl groups excluding tert-OH is 1. The van der Waals surface area contributed by atoms with Crippen LogP contribution in [0.5, 0.6) is 0 Å². The predicted molar refractivity (Wildman–Crippen MR) is 66.9 cm³/mol. The Morgan fingerprint density at radius 2 is 1.88 bits per heavy atom. The van der Waals surface area contributed by atoms with E-state index in [0.29, 0.717) is 19.3 Å². The van der Waals surface area contributed by atoms with Crippen molar-refractivity contribution in [1.82, 2.24) is 0 Å². The Hall–Kier alpha value is -0.193. The summed E-state index contributed by atoms with van der Waals surface area (Å²) in [5.41, 5.74) is 0. The van der Waals surface area contributed by atoms with Crippen molar-refractivity contribution in [1.29, 1.82) is 0 Å². The molecule has 0 radical (unpaired) electrons. The van der Waals surface area contributed by atoms with Gasteiger partial charge in [-0.25, -0.2) is 0 Å². The highest BCUT2D eigenvalue weighted by atomic mass is 28.4. The van der Waals surface area contributed by atoms with E-state index in [-0.39, 0.29) is 16.9 Å². The van der Waals surface area contributed by atoms with Gasteiger partial charge in [0.15, 0.2) is 8.32 Å². The summed E-state index contributed by atoms with van der Waals surface area (Å²) in [5, 5.41) is 9.72. The lowest BCUT2D eigenvalue weighted by Gasteiger charge is -2.40. The highest BCUT2D eigenvalue weighted by Gasteiger charge is 2.40. The minimum atomic E-state index is -1.81. The molecule has 0 aliphatic heterocycles. The Labute approximate surface area is 99.3 Å². The first-order valence-electron chi connectivity index (χ1n) is 5.99. The van der Waals surface area contributed by atoms with Gasteiger partial charge in [-0.3, -0.25) is 4.79 Å². The summed E-state index contributed by atoms with van der Waals surface area (Å²) in [5.74, 6) is 0.127. The molecule has 0 aromatic rings. The molecule has 0 amide bonds. The molecule has 2 atom stereocenters. The van der Waals surface area contributed by atoms with Crippen LogP contribution in [-0.4, -0.2) is 31.4 Å². The average Bonchev–Trinajstić information content (AvgIpc) is 1.97.